The molecule has 0 aliphatic rings. The quantitative estimate of drug-likeness (QED) is 0.174. The Bertz CT molecular complexity index is 437. The van der Waals surface area contributed by atoms with Crippen molar-refractivity contribution < 1.29 is 19.5 Å². The van der Waals surface area contributed by atoms with E-state index in [-0.39, 0.29) is 18.2 Å². The number of rotatable bonds is 21. The van der Waals surface area contributed by atoms with Crippen LogP contribution in [0.15, 0.2) is 0 Å². The van der Waals surface area contributed by atoms with Gasteiger partial charge in [-0.05, 0) is 25.7 Å². The zero-order valence-electron chi connectivity index (χ0n) is 19.0. The Kier molecular flexibility index (Phi) is 19.0. The average molecular weight is 412 g/mol. The van der Waals surface area contributed by atoms with Gasteiger partial charge < -0.3 is 10.4 Å². The molecule has 0 fully saturated rings. The Labute approximate surface area is 178 Å². The molecule has 0 aromatic rings. The number of ketones is 1. The molecule has 1 atom stereocenters. The van der Waals surface area contributed by atoms with Crippen LogP contribution < -0.4 is 5.32 Å². The Morgan fingerprint density at radius 3 is 1.66 bits per heavy atom. The topological polar surface area (TPSA) is 83.5 Å². The highest BCUT2D eigenvalue weighted by Gasteiger charge is 2.18. The van der Waals surface area contributed by atoms with E-state index in [0.717, 1.165) is 38.5 Å². The number of Topliss-reactive ketones (excluding diaryl/α,β-unsaturated/α-hetero) is 1. The van der Waals surface area contributed by atoms with Crippen molar-refractivity contribution in [2.24, 2.45) is 0 Å². The number of carboxylic acids is 1. The lowest BCUT2D eigenvalue weighted by atomic mass is 10.0. The van der Waals surface area contributed by atoms with Gasteiger partial charge in [0.05, 0.1) is 0 Å². The lowest BCUT2D eigenvalue weighted by Gasteiger charge is -2.17. The van der Waals surface area contributed by atoms with Crippen LogP contribution in [0.5, 0.6) is 0 Å². The number of hydrogen-bond acceptors (Lipinski definition) is 3. The van der Waals surface area contributed by atoms with Crippen LogP contribution in [0.4, 0.5) is 0 Å². The maximum atomic E-state index is 12.1. The number of unbranched alkanes of at least 4 members (excludes halogenated alkanes) is 11. The molecule has 0 aromatic heterocycles. The molecule has 0 aromatic carbocycles. The number of amides is 1. The minimum Gasteiger partial charge on any atom is -0.481 e. The van der Waals surface area contributed by atoms with E-state index in [2.05, 4.69) is 19.2 Å². The molecule has 1 amide bonds. The number of carbonyl (C=O) groups is 3. The first kappa shape index (κ1) is 27.6. The Morgan fingerprint density at radius 1 is 0.655 bits per heavy atom. The predicted molar refractivity (Wildman–Crippen MR) is 119 cm³/mol. The molecular weight excluding hydrogens is 366 g/mol. The van der Waals surface area contributed by atoms with Crippen molar-refractivity contribution in [3.63, 3.8) is 0 Å². The first-order chi connectivity index (χ1) is 14.0. The lowest BCUT2D eigenvalue weighted by Crippen LogP contribution is -2.39. The molecule has 5 heteroatoms. The molecule has 2 N–H and O–H groups in total. The molecule has 0 aliphatic heterocycles. The van der Waals surface area contributed by atoms with Gasteiger partial charge in [0.2, 0.25) is 5.78 Å². The maximum Gasteiger partial charge on any atom is 0.303 e. The third-order valence-corrected chi connectivity index (χ3v) is 5.45. The molecule has 0 radical (unpaired) electrons. The molecular formula is C24H45NO4. The molecule has 5 nitrogen and oxygen atoms in total. The summed E-state index contributed by atoms with van der Waals surface area (Å²) >= 11 is 0. The number of nitrogens with one attached hydrogen (secondary N) is 1. The summed E-state index contributed by atoms with van der Waals surface area (Å²) in [5, 5.41) is 11.6. The summed E-state index contributed by atoms with van der Waals surface area (Å²) in [4.78, 5) is 34.9. The summed E-state index contributed by atoms with van der Waals surface area (Å²) in [6, 6.07) is -0.0944. The lowest BCUT2D eigenvalue weighted by molar-refractivity contribution is -0.138. The standard InChI is InChI=1S/C24H45NO4/c1-3-5-7-8-9-10-11-12-13-14-15-19-22(26)24(29)25-21(17-6-4-2)18-16-20-23(27)28/h21H,3-20H2,1-2H3,(H,25,29)(H,27,28)/t21-/m0/s1. The first-order valence-corrected chi connectivity index (χ1v) is 12.1. The van der Waals surface area contributed by atoms with Crippen LogP contribution in [0.3, 0.4) is 0 Å². The molecule has 0 bridgehead atoms. The predicted octanol–water partition coefficient (Wildman–Crippen LogP) is 6.19. The van der Waals surface area contributed by atoms with Gasteiger partial charge in [0, 0.05) is 18.9 Å². The van der Waals surface area contributed by atoms with Crippen molar-refractivity contribution in [1.29, 1.82) is 0 Å². The van der Waals surface area contributed by atoms with Gasteiger partial charge in [-0.25, -0.2) is 0 Å². The van der Waals surface area contributed by atoms with Crippen molar-refractivity contribution in [3.05, 3.63) is 0 Å². The molecule has 29 heavy (non-hydrogen) atoms. The van der Waals surface area contributed by atoms with Gasteiger partial charge in [-0.1, -0.05) is 90.9 Å². The summed E-state index contributed by atoms with van der Waals surface area (Å²) in [5.74, 6) is -1.65. The van der Waals surface area contributed by atoms with Gasteiger partial charge in [-0.15, -0.1) is 0 Å². The molecule has 0 spiro atoms. The molecule has 0 saturated carbocycles. The van der Waals surface area contributed by atoms with E-state index >= 15 is 0 Å². The minimum atomic E-state index is -0.821. The van der Waals surface area contributed by atoms with Crippen LogP contribution in [-0.2, 0) is 14.4 Å². The van der Waals surface area contributed by atoms with E-state index in [4.69, 9.17) is 5.11 Å². The fraction of sp³-hybridized carbons (Fsp3) is 0.875. The number of carboxylic acid groups (broad SMARTS) is 1. The van der Waals surface area contributed by atoms with Crippen molar-refractivity contribution >= 4 is 17.7 Å². The van der Waals surface area contributed by atoms with Gasteiger partial charge in [0.1, 0.15) is 0 Å². The van der Waals surface area contributed by atoms with Crippen molar-refractivity contribution in [3.8, 4) is 0 Å². The monoisotopic (exact) mass is 411 g/mol. The van der Waals surface area contributed by atoms with E-state index in [9.17, 15) is 14.4 Å². The highest BCUT2D eigenvalue weighted by molar-refractivity contribution is 6.36. The highest BCUT2D eigenvalue weighted by atomic mass is 16.4. The van der Waals surface area contributed by atoms with Crippen LogP contribution in [0, 0.1) is 0 Å². The Morgan fingerprint density at radius 2 is 1.14 bits per heavy atom. The van der Waals surface area contributed by atoms with E-state index < -0.39 is 11.9 Å². The summed E-state index contributed by atoms with van der Waals surface area (Å²) in [6.45, 7) is 4.31. The first-order valence-electron chi connectivity index (χ1n) is 12.1. The molecule has 0 unspecified atom stereocenters. The fourth-order valence-electron chi connectivity index (χ4n) is 3.57. The van der Waals surface area contributed by atoms with E-state index in [1.807, 2.05) is 0 Å². The van der Waals surface area contributed by atoms with Gasteiger partial charge in [-0.2, -0.15) is 0 Å². The average Bonchev–Trinajstić information content (AvgIpc) is 2.69. The number of hydrogen-bond donors (Lipinski definition) is 2. The molecule has 0 aliphatic carbocycles. The SMILES string of the molecule is CCCCCCCCCCCCCC(=O)C(=O)N[C@@H](CCCC)CCCC(=O)O. The second kappa shape index (κ2) is 19.9. The number of aliphatic carboxylic acids is 1. The normalized spacial score (nSPS) is 11.9. The third-order valence-electron chi connectivity index (χ3n) is 5.45. The summed E-state index contributed by atoms with van der Waals surface area (Å²) in [5.41, 5.74) is 0. The molecule has 0 rings (SSSR count). The third kappa shape index (κ3) is 18.4. The smallest absolute Gasteiger partial charge is 0.303 e. The summed E-state index contributed by atoms with van der Waals surface area (Å²) < 4.78 is 0. The second-order valence-corrected chi connectivity index (χ2v) is 8.31. The van der Waals surface area contributed by atoms with Gasteiger partial charge in [0.15, 0.2) is 0 Å². The molecule has 0 heterocycles. The zero-order chi connectivity index (χ0) is 21.7. The van der Waals surface area contributed by atoms with Gasteiger partial charge in [0.25, 0.3) is 5.91 Å². The highest BCUT2D eigenvalue weighted by Crippen LogP contribution is 2.13. The fourth-order valence-corrected chi connectivity index (χ4v) is 3.57. The van der Waals surface area contributed by atoms with Crippen LogP contribution in [0.2, 0.25) is 0 Å². The maximum absolute atomic E-state index is 12.1. The Hall–Kier alpha value is -1.39. The van der Waals surface area contributed by atoms with Crippen molar-refractivity contribution in [2.45, 2.75) is 135 Å². The van der Waals surface area contributed by atoms with Crippen LogP contribution in [0.25, 0.3) is 0 Å². The molecule has 0 saturated heterocycles. The largest absolute Gasteiger partial charge is 0.481 e. The van der Waals surface area contributed by atoms with Crippen LogP contribution in [-0.4, -0.2) is 28.8 Å². The van der Waals surface area contributed by atoms with Gasteiger partial charge in [-0.3, -0.25) is 14.4 Å². The minimum absolute atomic E-state index is 0.0944. The number of carbonyl (C=O) groups excluding carboxylic acids is 2. The summed E-state index contributed by atoms with van der Waals surface area (Å²) in [7, 11) is 0. The zero-order valence-corrected chi connectivity index (χ0v) is 19.0. The van der Waals surface area contributed by atoms with Crippen LogP contribution >= 0.6 is 0 Å². The van der Waals surface area contributed by atoms with Crippen LogP contribution in [0.1, 0.15) is 129 Å². The second-order valence-electron chi connectivity index (χ2n) is 8.31. The van der Waals surface area contributed by atoms with E-state index in [1.165, 1.54) is 51.4 Å². The Balaban J connectivity index is 3.83. The van der Waals surface area contributed by atoms with Gasteiger partial charge >= 0.3 is 5.97 Å². The van der Waals surface area contributed by atoms with Crippen molar-refractivity contribution in [1.82, 2.24) is 5.32 Å². The van der Waals surface area contributed by atoms with E-state index in [1.54, 1.807) is 0 Å². The molecule has 170 valence electrons. The van der Waals surface area contributed by atoms with E-state index in [0.29, 0.717) is 19.3 Å². The summed E-state index contributed by atoms with van der Waals surface area (Å²) in [6.07, 6.45) is 17.8. The van der Waals surface area contributed by atoms with Crippen molar-refractivity contribution in [2.75, 3.05) is 0 Å².